The summed E-state index contributed by atoms with van der Waals surface area (Å²) in [5.74, 6) is 0.764. The van der Waals surface area contributed by atoms with Crippen molar-refractivity contribution in [2.45, 2.75) is 45.1 Å². The van der Waals surface area contributed by atoms with Gasteiger partial charge in [-0.05, 0) is 38.3 Å². The summed E-state index contributed by atoms with van der Waals surface area (Å²) in [4.78, 5) is 4.60. The molecule has 0 radical (unpaired) electrons. The maximum absolute atomic E-state index is 9.48. The molecule has 1 aromatic carbocycles. The van der Waals surface area contributed by atoms with Crippen LogP contribution in [0.4, 0.5) is 5.95 Å². The number of ether oxygens (including phenoxy) is 2. The predicted molar refractivity (Wildman–Crippen MR) is 89.4 cm³/mol. The fourth-order valence-electron chi connectivity index (χ4n) is 2.79. The third-order valence-corrected chi connectivity index (χ3v) is 3.97. The highest BCUT2D eigenvalue weighted by atomic mass is 16.7. The molecule has 2 N–H and O–H groups in total. The number of hydrogen-bond acceptors (Lipinski definition) is 5. The highest BCUT2D eigenvalue weighted by Gasteiger charge is 2.15. The topological polar surface area (TPSA) is 68.5 Å². The van der Waals surface area contributed by atoms with E-state index in [0.717, 1.165) is 36.4 Å². The normalized spacial score (nSPS) is 19.8. The van der Waals surface area contributed by atoms with Crippen LogP contribution < -0.4 is 5.32 Å². The zero-order chi connectivity index (χ0) is 16.1. The van der Waals surface area contributed by atoms with Gasteiger partial charge in [0.05, 0.1) is 23.7 Å². The Kier molecular flexibility index (Phi) is 5.48. The number of hydrogen-bond donors (Lipinski definition) is 2. The number of imidazole rings is 1. The van der Waals surface area contributed by atoms with Gasteiger partial charge in [0.2, 0.25) is 5.95 Å². The van der Waals surface area contributed by atoms with Crippen molar-refractivity contribution in [1.82, 2.24) is 9.55 Å². The molecule has 23 heavy (non-hydrogen) atoms. The summed E-state index contributed by atoms with van der Waals surface area (Å²) in [5.41, 5.74) is 2.00. The minimum Gasteiger partial charge on any atom is -0.392 e. The van der Waals surface area contributed by atoms with E-state index >= 15 is 0 Å². The number of aromatic nitrogens is 2. The van der Waals surface area contributed by atoms with E-state index in [2.05, 4.69) is 14.9 Å². The molecular formula is C17H25N3O3. The van der Waals surface area contributed by atoms with Gasteiger partial charge in [0.1, 0.15) is 0 Å². The molecule has 2 aromatic rings. The summed E-state index contributed by atoms with van der Waals surface area (Å²) in [7, 11) is 0. The zero-order valence-corrected chi connectivity index (χ0v) is 13.6. The monoisotopic (exact) mass is 319 g/mol. The summed E-state index contributed by atoms with van der Waals surface area (Å²) in [6.07, 6.45) is 2.76. The highest BCUT2D eigenvalue weighted by molar-refractivity contribution is 5.78. The van der Waals surface area contributed by atoms with Crippen molar-refractivity contribution in [3.05, 3.63) is 24.3 Å². The number of aliphatic hydroxyl groups is 1. The van der Waals surface area contributed by atoms with Crippen molar-refractivity contribution in [3.63, 3.8) is 0 Å². The summed E-state index contributed by atoms with van der Waals surface area (Å²) in [6, 6.07) is 8.02. The predicted octanol–water partition coefficient (Wildman–Crippen LogP) is 2.37. The third kappa shape index (κ3) is 4.22. The van der Waals surface area contributed by atoms with Crippen LogP contribution in [0.1, 0.15) is 26.2 Å². The lowest BCUT2D eigenvalue weighted by atomic mass is 10.2. The van der Waals surface area contributed by atoms with Crippen LogP contribution in [0.3, 0.4) is 0 Å². The highest BCUT2D eigenvalue weighted by Crippen LogP contribution is 2.20. The summed E-state index contributed by atoms with van der Waals surface area (Å²) in [6.45, 7) is 4.29. The lowest BCUT2D eigenvalue weighted by Gasteiger charge is -2.23. The molecule has 126 valence electrons. The van der Waals surface area contributed by atoms with Crippen molar-refractivity contribution >= 4 is 17.0 Å². The molecule has 0 amide bonds. The first-order valence-corrected chi connectivity index (χ1v) is 8.34. The van der Waals surface area contributed by atoms with Crippen LogP contribution in [0.2, 0.25) is 0 Å². The Morgan fingerprint density at radius 3 is 3.09 bits per heavy atom. The van der Waals surface area contributed by atoms with E-state index in [4.69, 9.17) is 9.47 Å². The van der Waals surface area contributed by atoms with Crippen molar-refractivity contribution in [3.8, 4) is 0 Å². The Balaban J connectivity index is 1.67. The Morgan fingerprint density at radius 2 is 2.30 bits per heavy atom. The van der Waals surface area contributed by atoms with E-state index in [1.807, 2.05) is 24.3 Å². The van der Waals surface area contributed by atoms with Crippen molar-refractivity contribution in [1.29, 1.82) is 0 Å². The lowest BCUT2D eigenvalue weighted by Crippen LogP contribution is -2.24. The van der Waals surface area contributed by atoms with Crippen LogP contribution in [0, 0.1) is 0 Å². The number of nitrogens with zero attached hydrogens (tertiary/aromatic N) is 2. The van der Waals surface area contributed by atoms with Crippen molar-refractivity contribution < 1.29 is 14.6 Å². The van der Waals surface area contributed by atoms with Gasteiger partial charge in [-0.2, -0.15) is 0 Å². The van der Waals surface area contributed by atoms with Gasteiger partial charge in [0.15, 0.2) is 6.29 Å². The molecule has 1 saturated heterocycles. The molecule has 0 saturated carbocycles. The van der Waals surface area contributed by atoms with Gasteiger partial charge in [-0.3, -0.25) is 0 Å². The summed E-state index contributed by atoms with van der Waals surface area (Å²) < 4.78 is 13.5. The maximum atomic E-state index is 9.48. The number of benzene rings is 1. The number of para-hydroxylation sites is 2. The van der Waals surface area contributed by atoms with Gasteiger partial charge in [0.25, 0.3) is 0 Å². The average molecular weight is 319 g/mol. The van der Waals surface area contributed by atoms with Crippen LogP contribution in [0.15, 0.2) is 24.3 Å². The number of fused-ring (bicyclic) bond motifs is 1. The van der Waals surface area contributed by atoms with E-state index in [9.17, 15) is 5.11 Å². The third-order valence-electron chi connectivity index (χ3n) is 3.97. The Morgan fingerprint density at radius 1 is 1.43 bits per heavy atom. The van der Waals surface area contributed by atoms with Crippen LogP contribution in [0.25, 0.3) is 11.0 Å². The Bertz CT molecular complexity index is 621. The standard InChI is InChI=1S/C17H25N3O3/c1-13(21)12-18-17-19-14-6-2-3-7-15(14)20(17)9-11-23-16-8-4-5-10-22-16/h2-3,6-7,13,16,21H,4-5,8-12H2,1H3,(H,18,19). The van der Waals surface area contributed by atoms with E-state index in [1.165, 1.54) is 6.42 Å². The Hall–Kier alpha value is -1.63. The van der Waals surface area contributed by atoms with Gasteiger partial charge in [-0.1, -0.05) is 12.1 Å². The molecule has 1 aliphatic heterocycles. The fraction of sp³-hybridized carbons (Fsp3) is 0.588. The number of anilines is 1. The van der Waals surface area contributed by atoms with Gasteiger partial charge in [-0.25, -0.2) is 4.98 Å². The minimum absolute atomic E-state index is 0.0765. The summed E-state index contributed by atoms with van der Waals surface area (Å²) >= 11 is 0. The number of rotatable bonds is 7. The Labute approximate surface area is 136 Å². The molecule has 0 spiro atoms. The van der Waals surface area contributed by atoms with Crippen LogP contribution in [-0.2, 0) is 16.0 Å². The minimum atomic E-state index is -0.421. The van der Waals surface area contributed by atoms with E-state index in [0.29, 0.717) is 19.7 Å². The van der Waals surface area contributed by atoms with Crippen LogP contribution in [-0.4, -0.2) is 46.8 Å². The van der Waals surface area contributed by atoms with Gasteiger partial charge < -0.3 is 24.5 Å². The molecule has 0 aliphatic carbocycles. The first kappa shape index (κ1) is 16.2. The smallest absolute Gasteiger partial charge is 0.204 e. The SMILES string of the molecule is CC(O)CNc1nc2ccccc2n1CCOC1CCCCO1. The quantitative estimate of drug-likeness (QED) is 0.820. The molecule has 2 unspecified atom stereocenters. The van der Waals surface area contributed by atoms with Gasteiger partial charge in [0, 0.05) is 19.7 Å². The molecule has 1 aliphatic rings. The van der Waals surface area contributed by atoms with Crippen molar-refractivity contribution in [2.24, 2.45) is 0 Å². The molecule has 2 heterocycles. The largest absolute Gasteiger partial charge is 0.392 e. The van der Waals surface area contributed by atoms with Gasteiger partial charge >= 0.3 is 0 Å². The van der Waals surface area contributed by atoms with Gasteiger partial charge in [-0.15, -0.1) is 0 Å². The first-order valence-electron chi connectivity index (χ1n) is 8.34. The van der Waals surface area contributed by atoms with Crippen LogP contribution >= 0.6 is 0 Å². The number of nitrogens with one attached hydrogen (secondary N) is 1. The second-order valence-corrected chi connectivity index (χ2v) is 5.97. The summed E-state index contributed by atoms with van der Waals surface area (Å²) in [5, 5.41) is 12.7. The fourth-order valence-corrected chi connectivity index (χ4v) is 2.79. The molecule has 0 bridgehead atoms. The molecule has 3 rings (SSSR count). The zero-order valence-electron chi connectivity index (χ0n) is 13.6. The molecule has 6 heteroatoms. The molecule has 6 nitrogen and oxygen atoms in total. The second kappa shape index (κ2) is 7.77. The first-order chi connectivity index (χ1) is 11.2. The molecular weight excluding hydrogens is 294 g/mol. The van der Waals surface area contributed by atoms with Crippen molar-refractivity contribution in [2.75, 3.05) is 25.1 Å². The second-order valence-electron chi connectivity index (χ2n) is 5.97. The lowest BCUT2D eigenvalue weighted by molar-refractivity contribution is -0.163. The van der Waals surface area contributed by atoms with E-state index in [-0.39, 0.29) is 6.29 Å². The van der Waals surface area contributed by atoms with E-state index in [1.54, 1.807) is 6.92 Å². The maximum Gasteiger partial charge on any atom is 0.204 e. The molecule has 1 aromatic heterocycles. The average Bonchev–Trinajstić information content (AvgIpc) is 2.92. The van der Waals surface area contributed by atoms with E-state index < -0.39 is 6.10 Å². The van der Waals surface area contributed by atoms with Crippen LogP contribution in [0.5, 0.6) is 0 Å². The molecule has 1 fully saturated rings. The molecule has 2 atom stereocenters. The number of aliphatic hydroxyl groups excluding tert-OH is 1.